The first kappa shape index (κ1) is 76.8. The molecule has 0 aliphatic rings. The van der Waals surface area contributed by atoms with Crippen LogP contribution in [0.3, 0.4) is 0 Å². The highest BCUT2D eigenvalue weighted by molar-refractivity contribution is 5.86. The molecule has 7 aromatic rings. The number of hydrogen-bond acceptors (Lipinski definition) is 4. The van der Waals surface area contributed by atoms with Crippen molar-refractivity contribution in [3.63, 3.8) is 0 Å². The molecule has 0 saturated carbocycles. The zero-order valence-electron chi connectivity index (χ0n) is 62.7. The Hall–Kier alpha value is -6.52. The average molecular weight is 1320 g/mol. The van der Waals surface area contributed by atoms with Gasteiger partial charge in [-0.25, -0.2) is 0 Å². The molecule has 0 saturated heterocycles. The zero-order valence-corrected chi connectivity index (χ0v) is 62.7. The molecule has 0 aliphatic carbocycles. The van der Waals surface area contributed by atoms with Crippen LogP contribution in [0.1, 0.15) is 315 Å². The van der Waals surface area contributed by atoms with Crippen molar-refractivity contribution in [2.75, 3.05) is 55.2 Å². The van der Waals surface area contributed by atoms with Crippen molar-refractivity contribution in [2.45, 2.75) is 250 Å². The minimum Gasteiger partial charge on any atom is -0.384 e. The second kappa shape index (κ2) is 32.0. The van der Waals surface area contributed by atoms with E-state index in [1.807, 2.05) is 0 Å². The number of rotatable bonds is 28. The Morgan fingerprint density at radius 2 is 0.438 bits per heavy atom. The summed E-state index contributed by atoms with van der Waals surface area (Å²) in [6.07, 6.45) is -9.95. The van der Waals surface area contributed by atoms with E-state index in [0.717, 1.165) is 45.8 Å². The first-order valence-corrected chi connectivity index (χ1v) is 36.0. The van der Waals surface area contributed by atoms with E-state index in [4.69, 9.17) is 0 Å². The molecule has 0 spiro atoms. The van der Waals surface area contributed by atoms with Crippen LogP contribution in [0.5, 0.6) is 0 Å². The number of hydrogen-bond donors (Lipinski definition) is 3. The van der Waals surface area contributed by atoms with E-state index in [1.165, 1.54) is 89.0 Å². The van der Waals surface area contributed by atoms with Crippen LogP contribution in [0.25, 0.3) is 44.5 Å². The summed E-state index contributed by atoms with van der Waals surface area (Å²) in [6, 6.07) is 35.1. The predicted molar refractivity (Wildman–Crippen MR) is 402 cm³/mol. The summed E-state index contributed by atoms with van der Waals surface area (Å²) >= 11 is 0. The molecular weight excluding hydrogens is 1200 g/mol. The fourth-order valence-corrected chi connectivity index (χ4v) is 13.7. The summed E-state index contributed by atoms with van der Waals surface area (Å²) in [6.45, 7) is 57.2. The number of halogens is 6. The molecule has 0 bridgehead atoms. The Kier molecular flexibility index (Phi) is 25.6. The van der Waals surface area contributed by atoms with Crippen LogP contribution in [-0.2, 0) is 12.4 Å². The van der Waals surface area contributed by atoms with Gasteiger partial charge in [-0.15, -0.1) is 0 Å². The summed E-state index contributed by atoms with van der Waals surface area (Å²) in [7, 11) is 0. The molecule has 0 radical (unpaired) electrons. The molecule has 0 amide bonds. The van der Waals surface area contributed by atoms with Gasteiger partial charge in [-0.2, -0.15) is 26.3 Å². The molecule has 10 heteroatoms. The quantitative estimate of drug-likeness (QED) is 0.0428. The van der Waals surface area contributed by atoms with Crippen LogP contribution in [0.4, 0.5) is 43.4 Å². The van der Waals surface area contributed by atoms with Crippen molar-refractivity contribution in [2.24, 2.45) is 0 Å². The van der Waals surface area contributed by atoms with E-state index in [9.17, 15) is 26.3 Å². The molecular formula is C86H116F6N4. The lowest BCUT2D eigenvalue weighted by Gasteiger charge is -2.27. The van der Waals surface area contributed by atoms with Gasteiger partial charge < -0.3 is 16.0 Å². The van der Waals surface area contributed by atoms with Crippen molar-refractivity contribution in [3.05, 3.63) is 181 Å². The Labute approximate surface area is 575 Å². The molecule has 0 fully saturated rings. The largest absolute Gasteiger partial charge is 0.416 e. The lowest BCUT2D eigenvalue weighted by Crippen LogP contribution is -2.36. The molecule has 7 rings (SSSR count). The van der Waals surface area contributed by atoms with Gasteiger partial charge in [-0.05, 0) is 237 Å². The van der Waals surface area contributed by atoms with Crippen molar-refractivity contribution in [1.82, 2.24) is 4.90 Å². The van der Waals surface area contributed by atoms with Crippen LogP contribution < -0.4 is 16.0 Å². The van der Waals surface area contributed by atoms with Gasteiger partial charge in [0.05, 0.1) is 11.1 Å². The Bertz CT molecular complexity index is 3230. The van der Waals surface area contributed by atoms with Crippen LogP contribution in [0.2, 0.25) is 0 Å². The maximum atomic E-state index is 14.2. The van der Waals surface area contributed by atoms with Gasteiger partial charge in [0.1, 0.15) is 0 Å². The summed E-state index contributed by atoms with van der Waals surface area (Å²) in [5.41, 5.74) is 24.5. The first-order chi connectivity index (χ1) is 44.8. The minimum absolute atomic E-state index is 0.0905. The Morgan fingerprint density at radius 1 is 0.250 bits per heavy atom. The molecule has 522 valence electrons. The normalized spacial score (nSPS) is 12.7. The maximum Gasteiger partial charge on any atom is 0.416 e. The lowest BCUT2D eigenvalue weighted by molar-refractivity contribution is -0.143. The fraction of sp³-hybridized carbons (Fsp3) is 0.512. The highest BCUT2D eigenvalue weighted by atomic mass is 19.4. The van der Waals surface area contributed by atoms with Crippen molar-refractivity contribution in [1.29, 1.82) is 0 Å². The van der Waals surface area contributed by atoms with Gasteiger partial charge in [-0.3, -0.25) is 4.90 Å². The number of anilines is 3. The molecule has 0 atom stereocenters. The third kappa shape index (κ3) is 18.6. The monoisotopic (exact) mass is 1320 g/mol. The van der Waals surface area contributed by atoms with Crippen molar-refractivity contribution in [3.8, 4) is 44.5 Å². The lowest BCUT2D eigenvalue weighted by atomic mass is 9.79. The van der Waals surface area contributed by atoms with Crippen molar-refractivity contribution < 1.29 is 26.3 Å². The molecule has 0 heterocycles. The third-order valence-corrected chi connectivity index (χ3v) is 19.4. The molecule has 3 N–H and O–H groups in total. The molecule has 0 aliphatic heterocycles. The second-order valence-electron chi connectivity index (χ2n) is 31.2. The van der Waals surface area contributed by atoms with E-state index < -0.39 is 23.5 Å². The van der Waals surface area contributed by atoms with Crippen LogP contribution >= 0.6 is 0 Å². The van der Waals surface area contributed by atoms with Crippen molar-refractivity contribution >= 4 is 17.1 Å². The van der Waals surface area contributed by atoms with Gasteiger partial charge in [0.15, 0.2) is 0 Å². The highest BCUT2D eigenvalue weighted by Crippen LogP contribution is 2.48. The van der Waals surface area contributed by atoms with E-state index in [1.54, 1.807) is 0 Å². The second-order valence-corrected chi connectivity index (χ2v) is 31.2. The topological polar surface area (TPSA) is 39.3 Å². The maximum absolute atomic E-state index is 14.2. The molecule has 0 aromatic heterocycles. The van der Waals surface area contributed by atoms with Gasteiger partial charge in [0.2, 0.25) is 0 Å². The number of nitrogens with zero attached hydrogens (tertiary/aromatic N) is 1. The summed E-state index contributed by atoms with van der Waals surface area (Å²) in [5, 5.41) is 10.8. The molecule has 7 aromatic carbocycles. The summed E-state index contributed by atoms with van der Waals surface area (Å²) in [4.78, 5) is 2.24. The number of benzene rings is 7. The molecule has 0 unspecified atom stereocenters. The molecule has 96 heavy (non-hydrogen) atoms. The molecule has 4 nitrogen and oxygen atoms in total. The van der Waals surface area contributed by atoms with Crippen LogP contribution in [0.15, 0.2) is 103 Å². The zero-order chi connectivity index (χ0) is 71.3. The first-order valence-electron chi connectivity index (χ1n) is 36.0. The average Bonchev–Trinajstić information content (AvgIpc) is 0.773. The van der Waals surface area contributed by atoms with E-state index in [-0.39, 0.29) is 65.6 Å². The van der Waals surface area contributed by atoms with Crippen LogP contribution in [0, 0.1) is 0 Å². The van der Waals surface area contributed by atoms with E-state index >= 15 is 0 Å². The van der Waals surface area contributed by atoms with Gasteiger partial charge in [0.25, 0.3) is 0 Å². The Morgan fingerprint density at radius 3 is 0.604 bits per heavy atom. The number of nitrogens with one attached hydrogen (secondary N) is 3. The third-order valence-electron chi connectivity index (χ3n) is 19.4. The van der Waals surface area contributed by atoms with Gasteiger partial charge >= 0.3 is 12.4 Å². The fourth-order valence-electron chi connectivity index (χ4n) is 13.7. The SMILES string of the molecule is CC(C)c1cc(C(C)C)c(-c2cc(NCCN(CCNc3cc(-c4c(C(C)C)cc(C(C)C)cc4C(C)C)cc(-c4c(C(C)C)cc(C(C)C)cc4C(C)C)c3)CCNc3cc(C(F)(F)F)cc(C(F)(F)F)c3)cc(-c3c(C(C)C)cc(C(C)C)cc3C(C)C)c2)c(C(C)C)c1. The summed E-state index contributed by atoms with van der Waals surface area (Å²) in [5.74, 6) is 3.39. The van der Waals surface area contributed by atoms with Gasteiger partial charge in [0, 0.05) is 56.3 Å². The standard InChI is InChI=1S/C86H116F6N4/c1-48(2)60-37-73(52(9)10)81(74(38-60)53(11)12)64-31-65(82-75(54(13)14)39-61(49(3)4)40-76(82)55(15)16)34-70(33-64)93-25-28-96(30-27-95-72-46-68(85(87,88)89)45-69(47-72)86(90,91)92)29-26-94-71-35-66(83-77(56(17)18)41-62(50(5)6)42-78(83)57(19)20)32-67(36-71)84-79(58(21)22)43-63(51(7)8)44-80(84)59(23)24/h31-59,93-95H,25-30H2,1-24H3. The van der Waals surface area contributed by atoms with Gasteiger partial charge in [-0.1, -0.05) is 215 Å². The van der Waals surface area contributed by atoms with E-state index in [0.29, 0.717) is 56.4 Å². The van der Waals surface area contributed by atoms with E-state index in [2.05, 4.69) is 272 Å². The smallest absolute Gasteiger partial charge is 0.384 e. The number of alkyl halides is 6. The predicted octanol–water partition coefficient (Wildman–Crippen LogP) is 26.8. The summed E-state index contributed by atoms with van der Waals surface area (Å²) < 4.78 is 85.4. The minimum atomic E-state index is -4.97. The Balaban J connectivity index is 1.38. The van der Waals surface area contributed by atoms with Crippen LogP contribution in [-0.4, -0.2) is 44.2 Å². The highest BCUT2D eigenvalue weighted by Gasteiger charge is 2.37.